The average Bonchev–Trinajstić information content (AvgIpc) is 2.35. The summed E-state index contributed by atoms with van der Waals surface area (Å²) in [4.78, 5) is 11.8. The maximum absolute atomic E-state index is 11.8. The number of hydrogen-bond acceptors (Lipinski definition) is 4. The van der Waals surface area contributed by atoms with E-state index in [0.29, 0.717) is 0 Å². The van der Waals surface area contributed by atoms with Gasteiger partial charge in [0.2, 0.25) is 0 Å². The van der Waals surface area contributed by atoms with Crippen LogP contribution in [0.4, 0.5) is 4.79 Å². The molecular weight excluding hydrogens is 258 g/mol. The first-order valence-electron chi connectivity index (χ1n) is 6.67. The quantitative estimate of drug-likeness (QED) is 0.771. The third-order valence-corrected chi connectivity index (χ3v) is 2.64. The molecule has 0 saturated carbocycles. The number of benzene rings is 1. The summed E-state index contributed by atoms with van der Waals surface area (Å²) in [6.07, 6.45) is -1.30. The van der Waals surface area contributed by atoms with Gasteiger partial charge in [0.15, 0.2) is 0 Å². The van der Waals surface area contributed by atoms with E-state index in [1.54, 1.807) is 20.8 Å². The van der Waals surface area contributed by atoms with Crippen LogP contribution >= 0.6 is 0 Å². The zero-order chi connectivity index (χ0) is 15.2. The summed E-state index contributed by atoms with van der Waals surface area (Å²) >= 11 is 0. The molecule has 0 aliphatic heterocycles. The van der Waals surface area contributed by atoms with Crippen molar-refractivity contribution in [2.45, 2.75) is 44.9 Å². The van der Waals surface area contributed by atoms with Crippen LogP contribution in [0.25, 0.3) is 0 Å². The number of carbonyl (C=O) groups is 1. The third kappa shape index (κ3) is 5.59. The van der Waals surface area contributed by atoms with Gasteiger partial charge in [-0.25, -0.2) is 4.79 Å². The highest BCUT2D eigenvalue weighted by Crippen LogP contribution is 2.20. The molecule has 0 spiro atoms. The standard InChI is InChI=1S/C15H23NO4/c1-15(2,3)20-14(19)16-13(12(18)9-10-17)11-7-5-4-6-8-11/h4-8,12-13,17-18H,9-10H2,1-3H3,(H,16,19). The molecule has 0 aliphatic carbocycles. The fourth-order valence-corrected chi connectivity index (χ4v) is 1.80. The molecule has 1 rings (SSSR count). The number of hydrogen-bond donors (Lipinski definition) is 3. The van der Waals surface area contributed by atoms with Crippen molar-refractivity contribution in [1.82, 2.24) is 5.32 Å². The van der Waals surface area contributed by atoms with E-state index in [1.807, 2.05) is 30.3 Å². The van der Waals surface area contributed by atoms with E-state index >= 15 is 0 Å². The number of alkyl carbamates (subject to hydrolysis) is 1. The summed E-state index contributed by atoms with van der Waals surface area (Å²) in [6, 6.07) is 8.51. The van der Waals surface area contributed by atoms with Crippen molar-refractivity contribution in [3.05, 3.63) is 35.9 Å². The Morgan fingerprint density at radius 3 is 2.40 bits per heavy atom. The topological polar surface area (TPSA) is 78.8 Å². The van der Waals surface area contributed by atoms with Crippen LogP contribution in [-0.4, -0.2) is 34.6 Å². The molecule has 1 aromatic rings. The van der Waals surface area contributed by atoms with Crippen molar-refractivity contribution in [2.24, 2.45) is 0 Å². The van der Waals surface area contributed by atoms with Crippen molar-refractivity contribution in [1.29, 1.82) is 0 Å². The van der Waals surface area contributed by atoms with E-state index in [2.05, 4.69) is 5.32 Å². The molecule has 1 aromatic carbocycles. The zero-order valence-corrected chi connectivity index (χ0v) is 12.2. The first-order valence-corrected chi connectivity index (χ1v) is 6.67. The number of amides is 1. The van der Waals surface area contributed by atoms with Gasteiger partial charge in [0.25, 0.3) is 0 Å². The van der Waals surface area contributed by atoms with Gasteiger partial charge in [0.1, 0.15) is 5.60 Å². The van der Waals surface area contributed by atoms with Gasteiger partial charge in [-0.3, -0.25) is 0 Å². The fraction of sp³-hybridized carbons (Fsp3) is 0.533. The van der Waals surface area contributed by atoms with E-state index in [-0.39, 0.29) is 13.0 Å². The maximum Gasteiger partial charge on any atom is 0.408 e. The molecule has 0 heterocycles. The van der Waals surface area contributed by atoms with Gasteiger partial charge < -0.3 is 20.3 Å². The predicted octanol–water partition coefficient (Wildman–Crippen LogP) is 2.00. The third-order valence-electron chi connectivity index (χ3n) is 2.64. The Labute approximate surface area is 119 Å². The molecule has 112 valence electrons. The molecule has 2 unspecified atom stereocenters. The Hall–Kier alpha value is -1.59. The summed E-state index contributed by atoms with van der Waals surface area (Å²) in [5.41, 5.74) is 0.159. The molecule has 20 heavy (non-hydrogen) atoms. The van der Waals surface area contributed by atoms with Crippen molar-refractivity contribution >= 4 is 6.09 Å². The van der Waals surface area contributed by atoms with Gasteiger partial charge in [-0.2, -0.15) is 0 Å². The van der Waals surface area contributed by atoms with Crippen LogP contribution in [0.15, 0.2) is 30.3 Å². The highest BCUT2D eigenvalue weighted by atomic mass is 16.6. The lowest BCUT2D eigenvalue weighted by Gasteiger charge is -2.26. The number of aliphatic hydroxyl groups is 2. The van der Waals surface area contributed by atoms with Crippen LogP contribution in [0, 0.1) is 0 Å². The van der Waals surface area contributed by atoms with Crippen LogP contribution in [0.1, 0.15) is 38.8 Å². The average molecular weight is 281 g/mol. The number of nitrogens with one attached hydrogen (secondary N) is 1. The van der Waals surface area contributed by atoms with Crippen molar-refractivity contribution in [2.75, 3.05) is 6.61 Å². The summed E-state index contributed by atoms with van der Waals surface area (Å²) in [5, 5.41) is 21.7. The molecule has 0 saturated heterocycles. The van der Waals surface area contributed by atoms with Gasteiger partial charge in [-0.1, -0.05) is 30.3 Å². The molecule has 5 nitrogen and oxygen atoms in total. The minimum Gasteiger partial charge on any atom is -0.444 e. The van der Waals surface area contributed by atoms with Gasteiger partial charge in [0.05, 0.1) is 12.1 Å². The highest BCUT2D eigenvalue weighted by Gasteiger charge is 2.25. The number of aliphatic hydroxyl groups excluding tert-OH is 2. The maximum atomic E-state index is 11.8. The van der Waals surface area contributed by atoms with E-state index in [0.717, 1.165) is 5.56 Å². The summed E-state index contributed by atoms with van der Waals surface area (Å²) in [7, 11) is 0. The second-order valence-electron chi connectivity index (χ2n) is 5.61. The Kier molecular flexibility index (Phi) is 5.98. The Morgan fingerprint density at radius 1 is 1.30 bits per heavy atom. The van der Waals surface area contributed by atoms with Crippen molar-refractivity contribution < 1.29 is 19.7 Å². The first kappa shape index (κ1) is 16.5. The Balaban J connectivity index is 2.81. The molecule has 3 N–H and O–H groups in total. The monoisotopic (exact) mass is 281 g/mol. The second-order valence-corrected chi connectivity index (χ2v) is 5.61. The smallest absolute Gasteiger partial charge is 0.408 e. The number of rotatable bonds is 5. The van der Waals surface area contributed by atoms with Crippen LogP contribution < -0.4 is 5.32 Å². The molecular formula is C15H23NO4. The van der Waals surface area contributed by atoms with Gasteiger partial charge in [-0.15, -0.1) is 0 Å². The lowest BCUT2D eigenvalue weighted by molar-refractivity contribution is 0.0388. The zero-order valence-electron chi connectivity index (χ0n) is 12.2. The van der Waals surface area contributed by atoms with Crippen LogP contribution in [0.5, 0.6) is 0 Å². The Bertz CT molecular complexity index is 414. The molecule has 0 bridgehead atoms. The van der Waals surface area contributed by atoms with Crippen LogP contribution in [-0.2, 0) is 4.74 Å². The normalized spacial score (nSPS) is 14.4. The van der Waals surface area contributed by atoms with E-state index in [4.69, 9.17) is 9.84 Å². The molecule has 0 radical (unpaired) electrons. The largest absolute Gasteiger partial charge is 0.444 e. The van der Waals surface area contributed by atoms with Gasteiger partial charge in [-0.05, 0) is 32.8 Å². The SMILES string of the molecule is CC(C)(C)OC(=O)NC(c1ccccc1)C(O)CCO. The fourth-order valence-electron chi connectivity index (χ4n) is 1.80. The van der Waals surface area contributed by atoms with Crippen molar-refractivity contribution in [3.63, 3.8) is 0 Å². The molecule has 0 aliphatic rings. The molecule has 2 atom stereocenters. The second kappa shape index (κ2) is 7.26. The van der Waals surface area contributed by atoms with E-state index in [1.165, 1.54) is 0 Å². The first-order chi connectivity index (χ1) is 9.33. The van der Waals surface area contributed by atoms with Crippen molar-refractivity contribution in [3.8, 4) is 0 Å². The minimum absolute atomic E-state index is 0.152. The van der Waals surface area contributed by atoms with E-state index < -0.39 is 23.8 Å². The number of ether oxygens (including phenoxy) is 1. The molecule has 0 fully saturated rings. The number of carbonyl (C=O) groups excluding carboxylic acids is 1. The molecule has 5 heteroatoms. The summed E-state index contributed by atoms with van der Waals surface area (Å²) in [5.74, 6) is 0. The molecule has 0 aromatic heterocycles. The van der Waals surface area contributed by atoms with Crippen LogP contribution in [0.2, 0.25) is 0 Å². The highest BCUT2D eigenvalue weighted by molar-refractivity contribution is 5.68. The van der Waals surface area contributed by atoms with Gasteiger partial charge >= 0.3 is 6.09 Å². The lowest BCUT2D eigenvalue weighted by Crippen LogP contribution is -2.40. The summed E-state index contributed by atoms with van der Waals surface area (Å²) in [6.45, 7) is 5.16. The Morgan fingerprint density at radius 2 is 1.90 bits per heavy atom. The predicted molar refractivity (Wildman–Crippen MR) is 76.3 cm³/mol. The molecule has 1 amide bonds. The minimum atomic E-state index is -0.880. The lowest BCUT2D eigenvalue weighted by atomic mass is 9.99. The van der Waals surface area contributed by atoms with E-state index in [9.17, 15) is 9.90 Å². The van der Waals surface area contributed by atoms with Gasteiger partial charge in [0, 0.05) is 6.61 Å². The van der Waals surface area contributed by atoms with Crippen LogP contribution in [0.3, 0.4) is 0 Å². The summed E-state index contributed by atoms with van der Waals surface area (Å²) < 4.78 is 5.19.